The fraction of sp³-hybridized carbons (Fsp3) is 0.0500. The first kappa shape index (κ1) is 20.2. The van der Waals surface area contributed by atoms with E-state index in [-0.39, 0.29) is 11.5 Å². The predicted molar refractivity (Wildman–Crippen MR) is 107 cm³/mol. The monoisotopic (exact) mass is 458 g/mol. The Labute approximate surface area is 173 Å². The van der Waals surface area contributed by atoms with Crippen molar-refractivity contribution in [2.75, 3.05) is 12.4 Å². The Morgan fingerprint density at radius 3 is 2.41 bits per heavy atom. The highest BCUT2D eigenvalue weighted by atomic mass is 79.9. The van der Waals surface area contributed by atoms with Gasteiger partial charge in [-0.15, -0.1) is 0 Å². The molecule has 3 aromatic rings. The van der Waals surface area contributed by atoms with Crippen LogP contribution in [0.5, 0.6) is 0 Å². The molecule has 0 saturated heterocycles. The number of carbonyl (C=O) groups excluding carboxylic acids is 3. The van der Waals surface area contributed by atoms with Gasteiger partial charge in [-0.05, 0) is 64.5 Å². The van der Waals surface area contributed by atoms with E-state index in [2.05, 4.69) is 31.3 Å². The van der Waals surface area contributed by atoms with Gasteiger partial charge in [0.25, 0.3) is 11.8 Å². The summed E-state index contributed by atoms with van der Waals surface area (Å²) < 4.78 is 15.4. The number of halogens is 1. The molecular weight excluding hydrogens is 444 g/mol. The van der Waals surface area contributed by atoms with Gasteiger partial charge in [-0.1, -0.05) is 0 Å². The molecule has 0 bridgehead atoms. The first-order chi connectivity index (χ1) is 14.0. The molecule has 8 nitrogen and oxygen atoms in total. The van der Waals surface area contributed by atoms with Crippen LogP contribution in [0.3, 0.4) is 0 Å². The van der Waals surface area contributed by atoms with E-state index < -0.39 is 17.8 Å². The topological polar surface area (TPSA) is 111 Å². The van der Waals surface area contributed by atoms with Crippen LogP contribution in [0.15, 0.2) is 74.0 Å². The largest absolute Gasteiger partial charge is 0.465 e. The number of carbonyl (C=O) groups is 3. The van der Waals surface area contributed by atoms with Gasteiger partial charge < -0.3 is 24.2 Å². The number of hydrogen-bond donors (Lipinski definition) is 2. The third kappa shape index (κ3) is 5.23. The molecule has 0 atom stereocenters. The van der Waals surface area contributed by atoms with Crippen LogP contribution in [0.25, 0.3) is 6.08 Å². The van der Waals surface area contributed by atoms with Gasteiger partial charge in [-0.2, -0.15) is 0 Å². The zero-order valence-electron chi connectivity index (χ0n) is 15.1. The number of hydrogen-bond acceptors (Lipinski definition) is 6. The van der Waals surface area contributed by atoms with Gasteiger partial charge >= 0.3 is 5.97 Å². The van der Waals surface area contributed by atoms with Crippen molar-refractivity contribution < 1.29 is 28.0 Å². The van der Waals surface area contributed by atoms with Crippen molar-refractivity contribution in [3.05, 3.63) is 82.2 Å². The second-order valence-electron chi connectivity index (χ2n) is 5.65. The summed E-state index contributed by atoms with van der Waals surface area (Å²) in [5.41, 5.74) is 0.700. The Bertz CT molecular complexity index is 1050. The molecule has 0 saturated carbocycles. The van der Waals surface area contributed by atoms with Crippen molar-refractivity contribution in [1.29, 1.82) is 0 Å². The SMILES string of the molecule is COC(=O)c1ccc(NC(=O)C(=Cc2ccco2)NC(=O)c2ccc(Br)o2)cc1. The Morgan fingerprint density at radius 2 is 1.83 bits per heavy atom. The molecule has 29 heavy (non-hydrogen) atoms. The normalized spacial score (nSPS) is 11.0. The number of amides is 2. The standard InChI is InChI=1S/C20H15BrN2O6/c1-27-20(26)12-4-6-13(7-5-12)22-18(24)15(11-14-3-2-10-28-14)23-19(25)16-8-9-17(21)29-16/h2-11H,1H3,(H,22,24)(H,23,25). The van der Waals surface area contributed by atoms with Crippen LogP contribution < -0.4 is 10.6 Å². The van der Waals surface area contributed by atoms with Crippen LogP contribution in [0.1, 0.15) is 26.7 Å². The van der Waals surface area contributed by atoms with Gasteiger partial charge in [0.2, 0.25) is 0 Å². The summed E-state index contributed by atoms with van der Waals surface area (Å²) in [7, 11) is 1.28. The lowest BCUT2D eigenvalue weighted by atomic mass is 10.2. The molecule has 3 rings (SSSR count). The van der Waals surface area contributed by atoms with Gasteiger partial charge in [0, 0.05) is 11.8 Å². The fourth-order valence-electron chi connectivity index (χ4n) is 2.30. The molecule has 1 aromatic carbocycles. The van der Waals surface area contributed by atoms with Crippen molar-refractivity contribution in [3.8, 4) is 0 Å². The molecule has 2 heterocycles. The van der Waals surface area contributed by atoms with Crippen molar-refractivity contribution in [1.82, 2.24) is 5.32 Å². The van der Waals surface area contributed by atoms with Crippen molar-refractivity contribution in [2.45, 2.75) is 0 Å². The smallest absolute Gasteiger partial charge is 0.337 e. The number of esters is 1. The molecule has 148 valence electrons. The molecule has 0 unspecified atom stereocenters. The van der Waals surface area contributed by atoms with E-state index in [1.165, 1.54) is 37.6 Å². The number of ether oxygens (including phenoxy) is 1. The third-order valence-corrected chi connectivity index (χ3v) is 4.11. The lowest BCUT2D eigenvalue weighted by Crippen LogP contribution is -2.30. The highest BCUT2D eigenvalue weighted by Crippen LogP contribution is 2.16. The van der Waals surface area contributed by atoms with Gasteiger partial charge in [0.1, 0.15) is 11.5 Å². The summed E-state index contributed by atoms with van der Waals surface area (Å²) in [4.78, 5) is 36.6. The Kier molecular flexibility index (Phi) is 6.30. The lowest BCUT2D eigenvalue weighted by Gasteiger charge is -2.10. The van der Waals surface area contributed by atoms with Crippen molar-refractivity contribution >= 4 is 45.5 Å². The van der Waals surface area contributed by atoms with Crippen LogP contribution in [0.2, 0.25) is 0 Å². The molecule has 9 heteroatoms. The second kappa shape index (κ2) is 9.07. The van der Waals surface area contributed by atoms with Gasteiger partial charge in [-0.3, -0.25) is 9.59 Å². The van der Waals surface area contributed by atoms with Gasteiger partial charge in [0.05, 0.1) is 18.9 Å². The predicted octanol–water partition coefficient (Wildman–Crippen LogP) is 3.83. The number of benzene rings is 1. The zero-order valence-corrected chi connectivity index (χ0v) is 16.7. The Morgan fingerprint density at radius 1 is 1.07 bits per heavy atom. The highest BCUT2D eigenvalue weighted by Gasteiger charge is 2.18. The molecule has 0 aliphatic carbocycles. The number of anilines is 1. The van der Waals surface area contributed by atoms with Crippen LogP contribution in [0.4, 0.5) is 5.69 Å². The van der Waals surface area contributed by atoms with E-state index in [9.17, 15) is 14.4 Å². The summed E-state index contributed by atoms with van der Waals surface area (Å²) in [5, 5.41) is 5.15. The van der Waals surface area contributed by atoms with Gasteiger partial charge in [0.15, 0.2) is 10.4 Å². The number of rotatable bonds is 6. The van der Waals surface area contributed by atoms with E-state index in [0.717, 1.165) is 0 Å². The maximum atomic E-state index is 12.7. The summed E-state index contributed by atoms with van der Waals surface area (Å²) in [6.07, 6.45) is 2.83. The number of nitrogens with one attached hydrogen (secondary N) is 2. The third-order valence-electron chi connectivity index (χ3n) is 3.68. The zero-order chi connectivity index (χ0) is 20.8. The Balaban J connectivity index is 1.79. The summed E-state index contributed by atoms with van der Waals surface area (Å²) in [5.74, 6) is -1.29. The minimum Gasteiger partial charge on any atom is -0.465 e. The average Bonchev–Trinajstić information content (AvgIpc) is 3.39. The summed E-state index contributed by atoms with van der Waals surface area (Å²) in [6.45, 7) is 0. The maximum Gasteiger partial charge on any atom is 0.337 e. The Hall–Kier alpha value is -3.59. The molecule has 0 aliphatic heterocycles. The molecule has 2 amide bonds. The van der Waals surface area contributed by atoms with Crippen LogP contribution >= 0.6 is 15.9 Å². The summed E-state index contributed by atoms with van der Waals surface area (Å²) in [6, 6.07) is 12.4. The van der Waals surface area contributed by atoms with Crippen LogP contribution in [-0.2, 0) is 9.53 Å². The maximum absolute atomic E-state index is 12.7. The molecule has 2 aromatic heterocycles. The molecule has 2 N–H and O–H groups in total. The van der Waals surface area contributed by atoms with E-state index in [1.807, 2.05) is 0 Å². The van der Waals surface area contributed by atoms with Crippen LogP contribution in [-0.4, -0.2) is 24.9 Å². The van der Waals surface area contributed by atoms with E-state index in [1.54, 1.807) is 30.3 Å². The first-order valence-electron chi connectivity index (χ1n) is 8.28. The minimum absolute atomic E-state index is 0.0254. The highest BCUT2D eigenvalue weighted by molar-refractivity contribution is 9.10. The molecule has 0 fully saturated rings. The van der Waals surface area contributed by atoms with Crippen molar-refractivity contribution in [2.24, 2.45) is 0 Å². The van der Waals surface area contributed by atoms with E-state index in [0.29, 0.717) is 21.7 Å². The van der Waals surface area contributed by atoms with E-state index >= 15 is 0 Å². The number of methoxy groups -OCH3 is 1. The van der Waals surface area contributed by atoms with Crippen molar-refractivity contribution in [3.63, 3.8) is 0 Å². The minimum atomic E-state index is -0.607. The molecular formula is C20H15BrN2O6. The quantitative estimate of drug-likeness (QED) is 0.428. The fourth-order valence-corrected chi connectivity index (χ4v) is 2.61. The lowest BCUT2D eigenvalue weighted by molar-refractivity contribution is -0.113. The first-order valence-corrected chi connectivity index (χ1v) is 9.07. The van der Waals surface area contributed by atoms with Gasteiger partial charge in [-0.25, -0.2) is 4.79 Å². The summed E-state index contributed by atoms with van der Waals surface area (Å²) >= 11 is 3.12. The second-order valence-corrected chi connectivity index (χ2v) is 6.44. The molecule has 0 aliphatic rings. The molecule has 0 radical (unpaired) electrons. The number of furan rings is 2. The van der Waals surface area contributed by atoms with Crippen LogP contribution in [0, 0.1) is 0 Å². The molecule has 0 spiro atoms. The average molecular weight is 459 g/mol. The van der Waals surface area contributed by atoms with E-state index in [4.69, 9.17) is 8.83 Å².